The molecule has 7 heteroatoms. The summed E-state index contributed by atoms with van der Waals surface area (Å²) >= 11 is 0. The third kappa shape index (κ3) is 4.46. The van der Waals surface area contributed by atoms with Crippen molar-refractivity contribution in [1.82, 2.24) is 9.47 Å². The molecule has 0 saturated carbocycles. The van der Waals surface area contributed by atoms with Crippen LogP contribution in [0.15, 0.2) is 48.5 Å². The highest BCUT2D eigenvalue weighted by atomic mass is 19.1. The zero-order chi connectivity index (χ0) is 22.0. The van der Waals surface area contributed by atoms with Gasteiger partial charge in [0.25, 0.3) is 0 Å². The Kier molecular flexibility index (Phi) is 6.04. The van der Waals surface area contributed by atoms with Gasteiger partial charge in [-0.15, -0.1) is 0 Å². The summed E-state index contributed by atoms with van der Waals surface area (Å²) in [5.74, 6) is -1.15. The number of ether oxygens (including phenoxy) is 1. The smallest absolute Gasteiger partial charge is 0.307 e. The normalized spacial score (nSPS) is 16.8. The van der Waals surface area contributed by atoms with E-state index in [0.29, 0.717) is 32.4 Å². The maximum absolute atomic E-state index is 13.3. The highest BCUT2D eigenvalue weighted by molar-refractivity contribution is 5.89. The Morgan fingerprint density at radius 1 is 1.16 bits per heavy atom. The van der Waals surface area contributed by atoms with Crippen LogP contribution in [-0.4, -0.2) is 46.3 Å². The van der Waals surface area contributed by atoms with E-state index < -0.39 is 12.2 Å². The predicted octanol–water partition coefficient (Wildman–Crippen LogP) is 3.40. The number of aliphatic carboxylic acids is 1. The number of likely N-dealkylation sites (N-methyl/N-ethyl adjacent to an activating group) is 1. The third-order valence-electron chi connectivity index (χ3n) is 5.88. The predicted molar refractivity (Wildman–Crippen MR) is 114 cm³/mol. The van der Waals surface area contributed by atoms with Gasteiger partial charge in [0.05, 0.1) is 26.0 Å². The standard InChI is InChI=1S/C24H25FN2O4/c1-26-22(28)12-13-31-23(26)15-27-20-5-3-2-4-18(20)19(14-24(29)30)21(27)11-8-16-6-9-17(25)10-7-16/h2-7,9-10,23H,8,11-15H2,1H3,(H,29,30)/t23-/m1/s1. The van der Waals surface area contributed by atoms with Gasteiger partial charge in [0.15, 0.2) is 0 Å². The molecular weight excluding hydrogens is 399 g/mol. The molecule has 1 fully saturated rings. The van der Waals surface area contributed by atoms with Crippen molar-refractivity contribution < 1.29 is 23.8 Å². The first-order valence-corrected chi connectivity index (χ1v) is 10.4. The number of para-hydroxylation sites is 1. The Bertz CT molecular complexity index is 1110. The van der Waals surface area contributed by atoms with Crippen LogP contribution >= 0.6 is 0 Å². The number of hydrogen-bond acceptors (Lipinski definition) is 3. The number of carbonyl (C=O) groups excluding carboxylic acids is 1. The van der Waals surface area contributed by atoms with Crippen molar-refractivity contribution in [3.05, 3.63) is 71.2 Å². The van der Waals surface area contributed by atoms with Crippen LogP contribution in [0.5, 0.6) is 0 Å². The lowest BCUT2D eigenvalue weighted by Gasteiger charge is -2.33. The van der Waals surface area contributed by atoms with E-state index in [1.54, 1.807) is 24.1 Å². The topological polar surface area (TPSA) is 71.8 Å². The fourth-order valence-corrected chi connectivity index (χ4v) is 4.25. The molecule has 1 aliphatic rings. The second-order valence-corrected chi connectivity index (χ2v) is 7.83. The molecule has 2 heterocycles. The number of fused-ring (bicyclic) bond motifs is 1. The fraction of sp³-hybridized carbons (Fsp3) is 0.333. The summed E-state index contributed by atoms with van der Waals surface area (Å²) in [6.07, 6.45) is 1.09. The average molecular weight is 424 g/mol. The first kappa shape index (κ1) is 21.1. The van der Waals surface area contributed by atoms with E-state index in [2.05, 4.69) is 4.57 Å². The molecule has 1 saturated heterocycles. The van der Waals surface area contributed by atoms with Gasteiger partial charge in [-0.1, -0.05) is 30.3 Å². The first-order chi connectivity index (χ1) is 14.9. The molecule has 1 aromatic heterocycles. The summed E-state index contributed by atoms with van der Waals surface area (Å²) in [5, 5.41) is 10.4. The summed E-state index contributed by atoms with van der Waals surface area (Å²) in [6.45, 7) is 0.793. The van der Waals surface area contributed by atoms with Crippen LogP contribution < -0.4 is 0 Å². The molecular formula is C24H25FN2O4. The highest BCUT2D eigenvalue weighted by Gasteiger charge is 2.28. The number of carboxylic acid groups (broad SMARTS) is 1. The molecule has 0 spiro atoms. The van der Waals surface area contributed by atoms with Crippen molar-refractivity contribution in [3.63, 3.8) is 0 Å². The minimum Gasteiger partial charge on any atom is -0.481 e. The van der Waals surface area contributed by atoms with Gasteiger partial charge < -0.3 is 19.3 Å². The van der Waals surface area contributed by atoms with Gasteiger partial charge in [-0.05, 0) is 42.2 Å². The minimum atomic E-state index is -0.896. The number of rotatable bonds is 7. The molecule has 1 atom stereocenters. The summed E-state index contributed by atoms with van der Waals surface area (Å²) in [7, 11) is 1.73. The quantitative estimate of drug-likeness (QED) is 0.631. The van der Waals surface area contributed by atoms with Crippen molar-refractivity contribution in [2.45, 2.75) is 38.5 Å². The summed E-state index contributed by atoms with van der Waals surface area (Å²) in [5.41, 5.74) is 3.57. The lowest BCUT2D eigenvalue weighted by Crippen LogP contribution is -2.46. The molecule has 162 valence electrons. The van der Waals surface area contributed by atoms with E-state index in [1.807, 2.05) is 24.3 Å². The molecule has 31 heavy (non-hydrogen) atoms. The van der Waals surface area contributed by atoms with Crippen LogP contribution in [0, 0.1) is 5.82 Å². The van der Waals surface area contributed by atoms with Crippen LogP contribution in [0.25, 0.3) is 10.9 Å². The molecule has 0 aliphatic carbocycles. The molecule has 0 radical (unpaired) electrons. The second-order valence-electron chi connectivity index (χ2n) is 7.83. The number of amides is 1. The van der Waals surface area contributed by atoms with Crippen LogP contribution in [0.2, 0.25) is 0 Å². The zero-order valence-electron chi connectivity index (χ0n) is 17.4. The Morgan fingerprint density at radius 3 is 2.65 bits per heavy atom. The van der Waals surface area contributed by atoms with Crippen LogP contribution in [0.4, 0.5) is 4.39 Å². The van der Waals surface area contributed by atoms with E-state index >= 15 is 0 Å². The van der Waals surface area contributed by atoms with Crippen LogP contribution in [0.1, 0.15) is 23.2 Å². The van der Waals surface area contributed by atoms with E-state index in [4.69, 9.17) is 4.74 Å². The minimum absolute atomic E-state index is 0.0336. The van der Waals surface area contributed by atoms with E-state index in [0.717, 1.165) is 27.7 Å². The Labute approximate surface area is 179 Å². The summed E-state index contributed by atoms with van der Waals surface area (Å²) in [6, 6.07) is 14.1. The highest BCUT2D eigenvalue weighted by Crippen LogP contribution is 2.29. The molecule has 6 nitrogen and oxygen atoms in total. The summed E-state index contributed by atoms with van der Waals surface area (Å²) < 4.78 is 21.2. The van der Waals surface area contributed by atoms with Gasteiger partial charge in [-0.2, -0.15) is 0 Å². The molecule has 3 aromatic rings. The van der Waals surface area contributed by atoms with Gasteiger partial charge >= 0.3 is 5.97 Å². The van der Waals surface area contributed by atoms with Crippen molar-refractivity contribution in [1.29, 1.82) is 0 Å². The number of benzene rings is 2. The molecule has 2 aromatic carbocycles. The number of halogens is 1. The SMILES string of the molecule is CN1C(=O)CCO[C@@H]1Cn1c(CCc2ccc(F)cc2)c(CC(=O)O)c2ccccc21. The van der Waals surface area contributed by atoms with Gasteiger partial charge in [-0.3, -0.25) is 9.59 Å². The van der Waals surface area contributed by atoms with E-state index in [-0.39, 0.29) is 18.1 Å². The van der Waals surface area contributed by atoms with Crippen molar-refractivity contribution in [2.24, 2.45) is 0 Å². The number of hydrogen-bond donors (Lipinski definition) is 1. The number of carboxylic acids is 1. The lowest BCUT2D eigenvalue weighted by molar-refractivity contribution is -0.158. The zero-order valence-corrected chi connectivity index (χ0v) is 17.4. The Hall–Kier alpha value is -3.19. The summed E-state index contributed by atoms with van der Waals surface area (Å²) in [4.78, 5) is 25.4. The van der Waals surface area contributed by atoms with Gasteiger partial charge in [-0.25, -0.2) is 4.39 Å². The molecule has 1 amide bonds. The molecule has 0 bridgehead atoms. The van der Waals surface area contributed by atoms with Crippen LogP contribution in [0.3, 0.4) is 0 Å². The van der Waals surface area contributed by atoms with Crippen molar-refractivity contribution in [2.75, 3.05) is 13.7 Å². The monoisotopic (exact) mass is 424 g/mol. The number of nitrogens with zero attached hydrogens (tertiary/aromatic N) is 2. The van der Waals surface area contributed by atoms with Crippen molar-refractivity contribution >= 4 is 22.8 Å². The van der Waals surface area contributed by atoms with Gasteiger partial charge in [0, 0.05) is 23.6 Å². The molecule has 4 rings (SSSR count). The van der Waals surface area contributed by atoms with E-state index in [9.17, 15) is 19.1 Å². The van der Waals surface area contributed by atoms with E-state index in [1.165, 1.54) is 12.1 Å². The number of aryl methyl sites for hydroxylation is 1. The van der Waals surface area contributed by atoms with Gasteiger partial charge in [0.1, 0.15) is 12.0 Å². The number of carbonyl (C=O) groups is 2. The molecule has 0 unspecified atom stereocenters. The maximum Gasteiger partial charge on any atom is 0.307 e. The second kappa shape index (κ2) is 8.89. The lowest BCUT2D eigenvalue weighted by atomic mass is 10.0. The third-order valence-corrected chi connectivity index (χ3v) is 5.88. The maximum atomic E-state index is 13.3. The van der Waals surface area contributed by atoms with Crippen molar-refractivity contribution in [3.8, 4) is 0 Å². The largest absolute Gasteiger partial charge is 0.481 e. The average Bonchev–Trinajstić information content (AvgIpc) is 3.03. The first-order valence-electron chi connectivity index (χ1n) is 10.4. The van der Waals surface area contributed by atoms with Crippen LogP contribution in [-0.2, 0) is 40.1 Å². The Morgan fingerprint density at radius 2 is 1.90 bits per heavy atom. The Balaban J connectivity index is 1.74. The molecule has 1 aliphatic heterocycles. The van der Waals surface area contributed by atoms with Gasteiger partial charge in [0.2, 0.25) is 5.91 Å². The fourth-order valence-electron chi connectivity index (χ4n) is 4.25. The molecule has 1 N–H and O–H groups in total. The number of aromatic nitrogens is 1.